The Morgan fingerprint density at radius 2 is 2.00 bits per heavy atom. The Balaban J connectivity index is 2.29. The number of benzene rings is 1. The van der Waals surface area contributed by atoms with Gasteiger partial charge in [0.2, 0.25) is 5.91 Å². The number of ether oxygens (including phenoxy) is 1. The average molecular weight is 343 g/mol. The summed E-state index contributed by atoms with van der Waals surface area (Å²) in [5.74, 6) is 0.712. The first kappa shape index (κ1) is 17.0. The smallest absolute Gasteiger partial charge is 0.223 e. The molecule has 0 fully saturated rings. The molecule has 1 aromatic carbocycles. The van der Waals surface area contributed by atoms with Gasteiger partial charge in [0.25, 0.3) is 0 Å². The van der Waals surface area contributed by atoms with E-state index in [1.165, 1.54) is 0 Å². The highest BCUT2D eigenvalue weighted by Gasteiger charge is 2.20. The van der Waals surface area contributed by atoms with E-state index in [0.29, 0.717) is 19.6 Å². The molecule has 0 saturated heterocycles. The van der Waals surface area contributed by atoms with Crippen LogP contribution in [0.15, 0.2) is 28.7 Å². The molecule has 0 aliphatic heterocycles. The lowest BCUT2D eigenvalue weighted by Gasteiger charge is -2.26. The van der Waals surface area contributed by atoms with E-state index in [9.17, 15) is 4.79 Å². The number of para-hydroxylation sites is 1. The molecular weight excluding hydrogens is 320 g/mol. The van der Waals surface area contributed by atoms with Gasteiger partial charge in [-0.25, -0.2) is 0 Å². The molecule has 20 heavy (non-hydrogen) atoms. The minimum Gasteiger partial charge on any atom is -0.492 e. The Morgan fingerprint density at radius 1 is 1.35 bits per heavy atom. The van der Waals surface area contributed by atoms with Gasteiger partial charge in [-0.2, -0.15) is 0 Å². The molecule has 0 aliphatic rings. The van der Waals surface area contributed by atoms with E-state index >= 15 is 0 Å². The fourth-order valence-corrected chi connectivity index (χ4v) is 2.08. The molecule has 0 aromatic heterocycles. The largest absolute Gasteiger partial charge is 0.492 e. The van der Waals surface area contributed by atoms with Crippen LogP contribution in [0.2, 0.25) is 0 Å². The van der Waals surface area contributed by atoms with Crippen molar-refractivity contribution in [2.24, 2.45) is 5.73 Å². The van der Waals surface area contributed by atoms with Crippen molar-refractivity contribution < 1.29 is 9.53 Å². The van der Waals surface area contributed by atoms with E-state index < -0.39 is 0 Å². The molecule has 112 valence electrons. The normalized spacial score (nSPS) is 11.2. The second kappa shape index (κ2) is 8.27. The van der Waals surface area contributed by atoms with Gasteiger partial charge in [0.1, 0.15) is 5.75 Å². The van der Waals surface area contributed by atoms with Gasteiger partial charge in [0, 0.05) is 12.1 Å². The molecule has 0 heterocycles. The van der Waals surface area contributed by atoms with Gasteiger partial charge in [0.15, 0.2) is 0 Å². The van der Waals surface area contributed by atoms with E-state index in [1.807, 2.05) is 38.1 Å². The zero-order chi connectivity index (χ0) is 15.0. The molecule has 1 rings (SSSR count). The molecule has 0 spiro atoms. The van der Waals surface area contributed by atoms with Crippen molar-refractivity contribution in [3.8, 4) is 5.75 Å². The molecule has 0 saturated carbocycles. The quantitative estimate of drug-likeness (QED) is 0.763. The highest BCUT2D eigenvalue weighted by Crippen LogP contribution is 2.23. The molecule has 4 nitrogen and oxygen atoms in total. The lowest BCUT2D eigenvalue weighted by Crippen LogP contribution is -2.49. The highest BCUT2D eigenvalue weighted by molar-refractivity contribution is 9.10. The van der Waals surface area contributed by atoms with Gasteiger partial charge in [0.05, 0.1) is 17.5 Å². The number of amides is 1. The summed E-state index contributed by atoms with van der Waals surface area (Å²) in [7, 11) is 0. The zero-order valence-corrected chi connectivity index (χ0v) is 13.7. The number of hydrogen-bond acceptors (Lipinski definition) is 3. The van der Waals surface area contributed by atoms with Crippen LogP contribution in [0.1, 0.15) is 33.1 Å². The summed E-state index contributed by atoms with van der Waals surface area (Å²) in [4.78, 5) is 11.7. The van der Waals surface area contributed by atoms with Crippen LogP contribution in [-0.2, 0) is 4.79 Å². The van der Waals surface area contributed by atoms with E-state index in [1.54, 1.807) is 0 Å². The maximum atomic E-state index is 11.7. The van der Waals surface area contributed by atoms with Gasteiger partial charge >= 0.3 is 0 Å². The third kappa shape index (κ3) is 5.51. The predicted molar refractivity (Wildman–Crippen MR) is 84.8 cm³/mol. The van der Waals surface area contributed by atoms with E-state index in [0.717, 1.165) is 23.1 Å². The molecule has 1 aromatic rings. The summed E-state index contributed by atoms with van der Waals surface area (Å²) >= 11 is 3.40. The minimum absolute atomic E-state index is 0.0335. The lowest BCUT2D eigenvalue weighted by atomic mass is 9.94. The molecule has 0 radical (unpaired) electrons. The first-order chi connectivity index (χ1) is 9.50. The maximum Gasteiger partial charge on any atom is 0.223 e. The third-order valence-electron chi connectivity index (χ3n) is 3.47. The van der Waals surface area contributed by atoms with Crippen molar-refractivity contribution in [3.63, 3.8) is 0 Å². The van der Waals surface area contributed by atoms with Gasteiger partial charge in [-0.3, -0.25) is 4.79 Å². The summed E-state index contributed by atoms with van der Waals surface area (Å²) in [5, 5.41) is 2.87. The minimum atomic E-state index is -0.307. The van der Waals surface area contributed by atoms with Crippen molar-refractivity contribution in [1.82, 2.24) is 5.32 Å². The maximum absolute atomic E-state index is 11.7. The van der Waals surface area contributed by atoms with E-state index in [4.69, 9.17) is 10.5 Å². The lowest BCUT2D eigenvalue weighted by molar-refractivity contribution is -0.121. The molecule has 0 atom stereocenters. The molecule has 0 bridgehead atoms. The monoisotopic (exact) mass is 342 g/mol. The van der Waals surface area contributed by atoms with Crippen molar-refractivity contribution in [2.45, 2.75) is 38.6 Å². The van der Waals surface area contributed by atoms with Crippen molar-refractivity contribution in [3.05, 3.63) is 28.7 Å². The number of rotatable bonds is 8. The van der Waals surface area contributed by atoms with Crippen LogP contribution in [0.3, 0.4) is 0 Å². The van der Waals surface area contributed by atoms with Crippen LogP contribution in [0.5, 0.6) is 5.75 Å². The summed E-state index contributed by atoms with van der Waals surface area (Å²) < 4.78 is 6.44. The first-order valence-corrected chi connectivity index (χ1v) is 7.73. The number of nitrogens with two attached hydrogens (primary N) is 1. The Labute approximate surface area is 129 Å². The fraction of sp³-hybridized carbons (Fsp3) is 0.533. The van der Waals surface area contributed by atoms with Crippen LogP contribution in [0, 0.1) is 0 Å². The average Bonchev–Trinajstić information content (AvgIpc) is 2.47. The second-order valence-corrected chi connectivity index (χ2v) is 5.73. The Bertz CT molecular complexity index is 434. The van der Waals surface area contributed by atoms with Gasteiger partial charge in [-0.15, -0.1) is 0 Å². The number of hydrogen-bond donors (Lipinski definition) is 2. The standard InChI is InChI=1S/C15H23BrN2O2/c1-3-15(17,4-2)11-18-14(19)9-10-20-13-8-6-5-7-12(13)16/h5-8H,3-4,9-11,17H2,1-2H3,(H,18,19). The van der Waals surface area contributed by atoms with Crippen LogP contribution in [-0.4, -0.2) is 24.6 Å². The number of carbonyl (C=O) groups is 1. The Hall–Kier alpha value is -1.07. The summed E-state index contributed by atoms with van der Waals surface area (Å²) in [6.45, 7) is 4.93. The molecule has 5 heteroatoms. The van der Waals surface area contributed by atoms with Gasteiger partial charge < -0.3 is 15.8 Å². The fourth-order valence-electron chi connectivity index (χ4n) is 1.68. The van der Waals surface area contributed by atoms with Crippen LogP contribution in [0.4, 0.5) is 0 Å². The second-order valence-electron chi connectivity index (χ2n) is 4.88. The summed E-state index contributed by atoms with van der Waals surface area (Å²) in [6, 6.07) is 7.58. The SMILES string of the molecule is CCC(N)(CC)CNC(=O)CCOc1ccccc1Br. The highest BCUT2D eigenvalue weighted by atomic mass is 79.9. The predicted octanol–water partition coefficient (Wildman–Crippen LogP) is 2.85. The molecule has 3 N–H and O–H groups in total. The molecule has 0 aliphatic carbocycles. The van der Waals surface area contributed by atoms with E-state index in [-0.39, 0.29) is 11.4 Å². The summed E-state index contributed by atoms with van der Waals surface area (Å²) in [6.07, 6.45) is 2.01. The van der Waals surface area contributed by atoms with Crippen LogP contribution >= 0.6 is 15.9 Å². The van der Waals surface area contributed by atoms with Gasteiger partial charge in [-0.1, -0.05) is 26.0 Å². The van der Waals surface area contributed by atoms with E-state index in [2.05, 4.69) is 21.2 Å². The third-order valence-corrected chi connectivity index (χ3v) is 4.12. The number of carbonyl (C=O) groups excluding carboxylic acids is 1. The van der Waals surface area contributed by atoms with Crippen molar-refractivity contribution in [2.75, 3.05) is 13.2 Å². The zero-order valence-electron chi connectivity index (χ0n) is 12.1. The Kier molecular flexibility index (Phi) is 7.02. The van der Waals surface area contributed by atoms with Crippen LogP contribution < -0.4 is 15.8 Å². The number of nitrogens with one attached hydrogen (secondary N) is 1. The van der Waals surface area contributed by atoms with Gasteiger partial charge in [-0.05, 0) is 40.9 Å². The van der Waals surface area contributed by atoms with Crippen LogP contribution in [0.25, 0.3) is 0 Å². The first-order valence-electron chi connectivity index (χ1n) is 6.93. The van der Waals surface area contributed by atoms with Crippen molar-refractivity contribution in [1.29, 1.82) is 0 Å². The summed E-state index contributed by atoms with van der Waals surface area (Å²) in [5.41, 5.74) is 5.83. The topological polar surface area (TPSA) is 64.3 Å². The van der Waals surface area contributed by atoms with Crippen molar-refractivity contribution >= 4 is 21.8 Å². The number of halogens is 1. The molecule has 0 unspecified atom stereocenters. The molecular formula is C15H23BrN2O2. The molecule has 1 amide bonds. The Morgan fingerprint density at radius 3 is 2.60 bits per heavy atom.